The summed E-state index contributed by atoms with van der Waals surface area (Å²) in [7, 11) is 1.85. The van der Waals surface area contributed by atoms with Gasteiger partial charge in [-0.25, -0.2) is 9.18 Å². The van der Waals surface area contributed by atoms with Crippen molar-refractivity contribution in [2.75, 3.05) is 18.5 Å². The van der Waals surface area contributed by atoms with Gasteiger partial charge in [-0.1, -0.05) is 55.1 Å². The second-order valence-electron chi connectivity index (χ2n) is 8.53. The largest absolute Gasteiger partial charge is 0.478 e. The quantitative estimate of drug-likeness (QED) is 0.279. The number of carbonyl (C=O) groups is 1. The van der Waals surface area contributed by atoms with Crippen LogP contribution in [0.25, 0.3) is 11.1 Å². The molecule has 0 heterocycles. The maximum Gasteiger partial charge on any atom is 0.338 e. The van der Waals surface area contributed by atoms with Gasteiger partial charge in [0.15, 0.2) is 0 Å². The van der Waals surface area contributed by atoms with Crippen molar-refractivity contribution in [1.29, 1.82) is 0 Å². The molecule has 1 aliphatic carbocycles. The number of aromatic carboxylic acids is 1. The van der Waals surface area contributed by atoms with Gasteiger partial charge in [0.05, 0.1) is 16.3 Å². The number of benzene rings is 3. The number of para-hydroxylation sites is 1. The van der Waals surface area contributed by atoms with E-state index in [-0.39, 0.29) is 5.56 Å². The molecule has 0 saturated heterocycles. The number of nitrogens with one attached hydrogen (secondary N) is 1. The Morgan fingerprint density at radius 1 is 1.18 bits per heavy atom. The first-order chi connectivity index (χ1) is 16.5. The van der Waals surface area contributed by atoms with Crippen LogP contribution in [0.2, 0.25) is 5.02 Å². The predicted molar refractivity (Wildman–Crippen MR) is 139 cm³/mol. The van der Waals surface area contributed by atoms with E-state index in [2.05, 4.69) is 21.8 Å². The van der Waals surface area contributed by atoms with Gasteiger partial charge in [-0.3, -0.25) is 4.72 Å². The van der Waals surface area contributed by atoms with Crippen molar-refractivity contribution in [1.82, 2.24) is 4.72 Å². The third kappa shape index (κ3) is 5.57. The van der Waals surface area contributed by atoms with Gasteiger partial charge >= 0.3 is 5.97 Å². The molecule has 3 aromatic carbocycles. The van der Waals surface area contributed by atoms with E-state index < -0.39 is 11.8 Å². The molecule has 34 heavy (non-hydrogen) atoms. The molecule has 0 spiro atoms. The van der Waals surface area contributed by atoms with Crippen molar-refractivity contribution in [3.63, 3.8) is 0 Å². The molecule has 4 rings (SSSR count). The SMILES string of the molecule is CNSc1cc(-c2ccc(F)c(C(=O)O)c2)c(Cl)cc1N(CCCC1CCC1)c1ccccc1. The Bertz CT molecular complexity index is 1150. The average Bonchev–Trinajstić information content (AvgIpc) is 2.80. The lowest BCUT2D eigenvalue weighted by molar-refractivity contribution is 0.0692. The summed E-state index contributed by atoms with van der Waals surface area (Å²) in [6, 6.07) is 18.2. The lowest BCUT2D eigenvalue weighted by Gasteiger charge is -2.30. The lowest BCUT2D eigenvalue weighted by atomic mass is 9.82. The molecule has 4 nitrogen and oxygen atoms in total. The van der Waals surface area contributed by atoms with Gasteiger partial charge in [0.2, 0.25) is 0 Å². The Hall–Kier alpha value is -2.54. The van der Waals surface area contributed by atoms with Crippen molar-refractivity contribution in [3.05, 3.63) is 77.1 Å². The van der Waals surface area contributed by atoms with Crippen LogP contribution in [0, 0.1) is 11.7 Å². The zero-order chi connectivity index (χ0) is 24.1. The maximum absolute atomic E-state index is 14.0. The number of nitrogens with zero attached hydrogens (tertiary/aromatic N) is 1. The molecule has 0 bridgehead atoms. The molecule has 178 valence electrons. The minimum Gasteiger partial charge on any atom is -0.478 e. The molecule has 0 aromatic heterocycles. The Morgan fingerprint density at radius 2 is 1.94 bits per heavy atom. The second kappa shape index (κ2) is 11.3. The number of carboxylic acid groups (broad SMARTS) is 1. The monoisotopic (exact) mass is 498 g/mol. The Kier molecular flexibility index (Phi) is 8.14. The van der Waals surface area contributed by atoms with Crippen LogP contribution in [0.1, 0.15) is 42.5 Å². The number of hydrogen-bond acceptors (Lipinski definition) is 4. The van der Waals surface area contributed by atoms with Crippen LogP contribution in [-0.2, 0) is 0 Å². The van der Waals surface area contributed by atoms with E-state index in [0.717, 1.165) is 35.2 Å². The van der Waals surface area contributed by atoms with Gasteiger partial charge < -0.3 is 10.0 Å². The van der Waals surface area contributed by atoms with Crippen LogP contribution in [0.5, 0.6) is 0 Å². The van der Waals surface area contributed by atoms with Gasteiger partial charge in [-0.05, 0) is 79.7 Å². The molecule has 0 radical (unpaired) electrons. The fourth-order valence-corrected chi connectivity index (χ4v) is 5.28. The number of hydrogen-bond donors (Lipinski definition) is 2. The van der Waals surface area contributed by atoms with E-state index in [9.17, 15) is 14.3 Å². The van der Waals surface area contributed by atoms with Crippen LogP contribution in [0.15, 0.2) is 65.6 Å². The van der Waals surface area contributed by atoms with Crippen molar-refractivity contribution >= 4 is 40.9 Å². The van der Waals surface area contributed by atoms with E-state index in [1.54, 1.807) is 6.07 Å². The summed E-state index contributed by atoms with van der Waals surface area (Å²) in [6.07, 6.45) is 6.32. The first-order valence-electron chi connectivity index (χ1n) is 11.5. The van der Waals surface area contributed by atoms with E-state index in [1.165, 1.54) is 49.8 Å². The highest BCUT2D eigenvalue weighted by atomic mass is 35.5. The van der Waals surface area contributed by atoms with Crippen molar-refractivity contribution in [2.45, 2.75) is 37.0 Å². The van der Waals surface area contributed by atoms with Gasteiger partial charge in [0.1, 0.15) is 5.82 Å². The third-order valence-electron chi connectivity index (χ3n) is 6.35. The molecule has 0 amide bonds. The van der Waals surface area contributed by atoms with E-state index >= 15 is 0 Å². The third-order valence-corrected chi connectivity index (χ3v) is 7.41. The average molecular weight is 499 g/mol. The Labute approximate surface area is 209 Å². The van der Waals surface area contributed by atoms with Gasteiger partial charge in [-0.15, -0.1) is 0 Å². The number of anilines is 2. The number of halogens is 2. The summed E-state index contributed by atoms with van der Waals surface area (Å²) >= 11 is 8.23. The van der Waals surface area contributed by atoms with Gasteiger partial charge in [0, 0.05) is 22.7 Å². The highest BCUT2D eigenvalue weighted by Gasteiger charge is 2.21. The molecule has 2 N–H and O–H groups in total. The van der Waals surface area contributed by atoms with Crippen LogP contribution in [0.3, 0.4) is 0 Å². The molecule has 1 fully saturated rings. The molecule has 0 unspecified atom stereocenters. The molecule has 3 aromatic rings. The van der Waals surface area contributed by atoms with Crippen LogP contribution in [-0.4, -0.2) is 24.7 Å². The second-order valence-corrected chi connectivity index (χ2v) is 9.99. The van der Waals surface area contributed by atoms with E-state index in [0.29, 0.717) is 16.1 Å². The van der Waals surface area contributed by atoms with Crippen LogP contribution in [0.4, 0.5) is 15.8 Å². The minimum atomic E-state index is -1.31. The summed E-state index contributed by atoms with van der Waals surface area (Å²) in [6.45, 7) is 0.868. The van der Waals surface area contributed by atoms with Gasteiger partial charge in [0.25, 0.3) is 0 Å². The molecule has 0 aliphatic heterocycles. The smallest absolute Gasteiger partial charge is 0.338 e. The van der Waals surface area contributed by atoms with Crippen molar-refractivity contribution in [3.8, 4) is 11.1 Å². The molecule has 7 heteroatoms. The molecular weight excluding hydrogens is 471 g/mol. The molecule has 0 atom stereocenters. The van der Waals surface area contributed by atoms with E-state index in [1.807, 2.05) is 37.4 Å². The zero-order valence-corrected chi connectivity index (χ0v) is 20.6. The topological polar surface area (TPSA) is 52.6 Å². The Balaban J connectivity index is 1.73. The zero-order valence-electron chi connectivity index (χ0n) is 19.1. The van der Waals surface area contributed by atoms with Gasteiger partial charge in [-0.2, -0.15) is 0 Å². The Morgan fingerprint density at radius 3 is 2.59 bits per heavy atom. The fraction of sp³-hybridized carbons (Fsp3) is 0.296. The standard InChI is InChI=1S/C27H28ClFN2O2S/c1-30-34-26-16-21(19-12-13-24(29)22(15-19)27(32)33)23(28)17-25(26)31(20-10-3-2-4-11-20)14-6-9-18-7-5-8-18/h2-4,10-13,15-18,30H,5-9,14H2,1H3,(H,32,33). The van der Waals surface area contributed by atoms with Crippen LogP contribution < -0.4 is 9.62 Å². The summed E-state index contributed by atoms with van der Waals surface area (Å²) in [5.41, 5.74) is 2.92. The maximum atomic E-state index is 14.0. The molecule has 1 aliphatic rings. The fourth-order valence-electron chi connectivity index (χ4n) is 4.34. The summed E-state index contributed by atoms with van der Waals surface area (Å²) in [5, 5.41) is 9.82. The summed E-state index contributed by atoms with van der Waals surface area (Å²) < 4.78 is 17.1. The molecule has 1 saturated carbocycles. The van der Waals surface area contributed by atoms with Crippen molar-refractivity contribution < 1.29 is 14.3 Å². The number of carboxylic acids is 1. The summed E-state index contributed by atoms with van der Waals surface area (Å²) in [5.74, 6) is -1.23. The normalized spacial score (nSPS) is 13.5. The lowest BCUT2D eigenvalue weighted by Crippen LogP contribution is -2.21. The van der Waals surface area contributed by atoms with Crippen molar-refractivity contribution in [2.24, 2.45) is 5.92 Å². The van der Waals surface area contributed by atoms with Crippen LogP contribution >= 0.6 is 23.5 Å². The predicted octanol–water partition coefficient (Wildman–Crippen LogP) is 7.79. The highest BCUT2D eigenvalue weighted by molar-refractivity contribution is 7.97. The van der Waals surface area contributed by atoms with E-state index in [4.69, 9.17) is 11.6 Å². The molecular formula is C27H28ClFN2O2S. The minimum absolute atomic E-state index is 0.373. The summed E-state index contributed by atoms with van der Waals surface area (Å²) in [4.78, 5) is 14.7. The first-order valence-corrected chi connectivity index (χ1v) is 12.7. The highest BCUT2D eigenvalue weighted by Crippen LogP contribution is 2.41. The first kappa shape index (κ1) is 24.6. The number of rotatable bonds is 10.